The fourth-order valence-corrected chi connectivity index (χ4v) is 4.24. The molecule has 0 unspecified atom stereocenters. The summed E-state index contributed by atoms with van der Waals surface area (Å²) >= 11 is 0. The van der Waals surface area contributed by atoms with Crippen LogP contribution in [0.25, 0.3) is 11.1 Å². The van der Waals surface area contributed by atoms with Gasteiger partial charge in [-0.05, 0) is 28.8 Å². The summed E-state index contributed by atoms with van der Waals surface area (Å²) in [5.41, 5.74) is 3.79. The van der Waals surface area contributed by atoms with E-state index in [0.29, 0.717) is 18.7 Å². The maximum atomic E-state index is 12.0. The van der Waals surface area contributed by atoms with Crippen molar-refractivity contribution in [2.75, 3.05) is 19.6 Å². The van der Waals surface area contributed by atoms with Crippen molar-refractivity contribution in [2.24, 2.45) is 0 Å². The molecule has 5 rings (SSSR count). The average Bonchev–Trinajstić information content (AvgIpc) is 3.48. The van der Waals surface area contributed by atoms with E-state index >= 15 is 0 Å². The number of furan rings is 1. The number of aromatic nitrogens is 3. The van der Waals surface area contributed by atoms with E-state index in [2.05, 4.69) is 73.5 Å². The molecule has 0 saturated carbocycles. The summed E-state index contributed by atoms with van der Waals surface area (Å²) < 4.78 is 7.33. The SMILES string of the molecule is O=C(NCCc1nnc2n1CCN(Cc1ccc(-c3ccccc3)cc1)CC2)c1ccco1. The van der Waals surface area contributed by atoms with Crippen molar-refractivity contribution in [3.8, 4) is 11.1 Å². The third kappa shape index (κ3) is 5.04. The first-order valence-electron chi connectivity index (χ1n) is 11.4. The minimum atomic E-state index is -0.208. The van der Waals surface area contributed by atoms with Crippen LogP contribution in [0.4, 0.5) is 0 Å². The zero-order chi connectivity index (χ0) is 22.5. The Bertz CT molecular complexity index is 1180. The van der Waals surface area contributed by atoms with Gasteiger partial charge in [-0.25, -0.2) is 0 Å². The molecule has 0 radical (unpaired) electrons. The van der Waals surface area contributed by atoms with E-state index < -0.39 is 0 Å². The Morgan fingerprint density at radius 3 is 2.52 bits per heavy atom. The highest BCUT2D eigenvalue weighted by molar-refractivity contribution is 5.91. The van der Waals surface area contributed by atoms with E-state index in [1.807, 2.05) is 6.07 Å². The zero-order valence-corrected chi connectivity index (χ0v) is 18.5. The molecule has 0 fully saturated rings. The lowest BCUT2D eigenvalue weighted by Gasteiger charge is -2.20. The van der Waals surface area contributed by atoms with Gasteiger partial charge in [-0.3, -0.25) is 9.69 Å². The molecule has 1 aliphatic rings. The van der Waals surface area contributed by atoms with E-state index in [1.54, 1.807) is 12.1 Å². The molecule has 0 atom stereocenters. The minimum Gasteiger partial charge on any atom is -0.459 e. The predicted molar refractivity (Wildman–Crippen MR) is 126 cm³/mol. The Kier molecular flexibility index (Phi) is 6.30. The Morgan fingerprint density at radius 1 is 0.909 bits per heavy atom. The van der Waals surface area contributed by atoms with Gasteiger partial charge in [0.05, 0.1) is 6.26 Å². The number of benzene rings is 2. The zero-order valence-electron chi connectivity index (χ0n) is 18.5. The van der Waals surface area contributed by atoms with Crippen molar-refractivity contribution in [3.05, 3.63) is 96.0 Å². The van der Waals surface area contributed by atoms with Crippen LogP contribution >= 0.6 is 0 Å². The fourth-order valence-electron chi connectivity index (χ4n) is 4.24. The van der Waals surface area contributed by atoms with Crippen molar-refractivity contribution < 1.29 is 9.21 Å². The molecule has 3 heterocycles. The van der Waals surface area contributed by atoms with Crippen molar-refractivity contribution in [3.63, 3.8) is 0 Å². The number of nitrogens with zero attached hydrogens (tertiary/aromatic N) is 4. The third-order valence-electron chi connectivity index (χ3n) is 6.04. The minimum absolute atomic E-state index is 0.208. The van der Waals surface area contributed by atoms with Crippen molar-refractivity contribution in [1.29, 1.82) is 0 Å². The van der Waals surface area contributed by atoms with Crippen LogP contribution < -0.4 is 5.32 Å². The predicted octanol–water partition coefficient (Wildman–Crippen LogP) is 3.57. The number of carbonyl (C=O) groups is 1. The van der Waals surface area contributed by atoms with Crippen molar-refractivity contribution in [1.82, 2.24) is 25.0 Å². The van der Waals surface area contributed by atoms with E-state index in [9.17, 15) is 4.79 Å². The van der Waals surface area contributed by atoms with E-state index in [1.165, 1.54) is 23.0 Å². The number of hydrogen-bond donors (Lipinski definition) is 1. The molecule has 168 valence electrons. The summed E-state index contributed by atoms with van der Waals surface area (Å²) in [6.45, 7) is 4.16. The Morgan fingerprint density at radius 2 is 1.73 bits per heavy atom. The molecule has 7 heteroatoms. The Hall–Kier alpha value is -3.71. The Labute approximate surface area is 193 Å². The maximum absolute atomic E-state index is 12.0. The van der Waals surface area contributed by atoms with E-state index in [0.717, 1.165) is 44.2 Å². The second-order valence-electron chi connectivity index (χ2n) is 8.26. The number of rotatable bonds is 7. The fraction of sp³-hybridized carbons (Fsp3) is 0.269. The third-order valence-corrected chi connectivity index (χ3v) is 6.04. The second kappa shape index (κ2) is 9.83. The standard InChI is InChI=1S/C26H27N5O2/c32-26(23-7-4-18-33-23)27-14-12-24-28-29-25-13-15-30(16-17-31(24)25)19-20-8-10-22(11-9-20)21-5-2-1-3-6-21/h1-11,18H,12-17,19H2,(H,27,32). The first kappa shape index (κ1) is 21.2. The number of hydrogen-bond acceptors (Lipinski definition) is 5. The summed E-state index contributed by atoms with van der Waals surface area (Å²) in [4.78, 5) is 14.5. The number of nitrogens with one attached hydrogen (secondary N) is 1. The highest BCUT2D eigenvalue weighted by atomic mass is 16.3. The molecular weight excluding hydrogens is 414 g/mol. The van der Waals surface area contributed by atoms with Gasteiger partial charge in [0.1, 0.15) is 11.6 Å². The summed E-state index contributed by atoms with van der Waals surface area (Å²) in [5, 5.41) is 11.7. The van der Waals surface area contributed by atoms with Crippen molar-refractivity contribution in [2.45, 2.75) is 25.9 Å². The second-order valence-corrected chi connectivity index (χ2v) is 8.26. The van der Waals surface area contributed by atoms with E-state index in [4.69, 9.17) is 4.42 Å². The summed E-state index contributed by atoms with van der Waals surface area (Å²) in [6.07, 6.45) is 3.00. The first-order chi connectivity index (χ1) is 16.3. The highest BCUT2D eigenvalue weighted by Gasteiger charge is 2.19. The van der Waals surface area contributed by atoms with Crippen LogP contribution in [-0.4, -0.2) is 45.2 Å². The molecule has 0 aliphatic carbocycles. The topological polar surface area (TPSA) is 76.2 Å². The van der Waals surface area contributed by atoms with Gasteiger partial charge < -0.3 is 14.3 Å². The van der Waals surface area contributed by atoms with E-state index in [-0.39, 0.29) is 5.91 Å². The van der Waals surface area contributed by atoms with Crippen LogP contribution in [-0.2, 0) is 25.9 Å². The summed E-state index contributed by atoms with van der Waals surface area (Å²) in [6, 6.07) is 22.7. The molecule has 1 amide bonds. The highest BCUT2D eigenvalue weighted by Crippen LogP contribution is 2.20. The quantitative estimate of drug-likeness (QED) is 0.475. The summed E-state index contributed by atoms with van der Waals surface area (Å²) in [7, 11) is 0. The molecule has 0 bridgehead atoms. The van der Waals surface area contributed by atoms with Crippen LogP contribution in [0.3, 0.4) is 0 Å². The van der Waals surface area contributed by atoms with Gasteiger partial charge in [-0.15, -0.1) is 10.2 Å². The van der Waals surface area contributed by atoms with Crippen LogP contribution in [0.1, 0.15) is 27.8 Å². The van der Waals surface area contributed by atoms with Gasteiger partial charge in [-0.1, -0.05) is 54.6 Å². The molecular formula is C26H27N5O2. The number of fused-ring (bicyclic) bond motifs is 1. The molecule has 7 nitrogen and oxygen atoms in total. The van der Waals surface area contributed by atoms with Gasteiger partial charge >= 0.3 is 0 Å². The van der Waals surface area contributed by atoms with Crippen LogP contribution in [0, 0.1) is 0 Å². The van der Waals surface area contributed by atoms with Gasteiger partial charge in [0, 0.05) is 45.6 Å². The molecule has 2 aromatic carbocycles. The first-order valence-corrected chi connectivity index (χ1v) is 11.4. The normalized spacial score (nSPS) is 13.9. The maximum Gasteiger partial charge on any atom is 0.286 e. The number of carbonyl (C=O) groups excluding carboxylic acids is 1. The molecule has 33 heavy (non-hydrogen) atoms. The van der Waals surface area contributed by atoms with Crippen LogP contribution in [0.2, 0.25) is 0 Å². The Balaban J connectivity index is 1.15. The van der Waals surface area contributed by atoms with Gasteiger partial charge in [0.2, 0.25) is 0 Å². The van der Waals surface area contributed by atoms with Crippen LogP contribution in [0.5, 0.6) is 0 Å². The summed E-state index contributed by atoms with van der Waals surface area (Å²) in [5.74, 6) is 2.05. The van der Waals surface area contributed by atoms with Crippen molar-refractivity contribution >= 4 is 5.91 Å². The molecule has 1 aliphatic heterocycles. The van der Waals surface area contributed by atoms with Gasteiger partial charge in [0.25, 0.3) is 5.91 Å². The molecule has 2 aromatic heterocycles. The molecule has 1 N–H and O–H groups in total. The van der Waals surface area contributed by atoms with Gasteiger partial charge in [0.15, 0.2) is 5.76 Å². The monoisotopic (exact) mass is 441 g/mol. The largest absolute Gasteiger partial charge is 0.459 e. The molecule has 0 spiro atoms. The molecule has 4 aromatic rings. The number of amides is 1. The van der Waals surface area contributed by atoms with Gasteiger partial charge in [-0.2, -0.15) is 0 Å². The lowest BCUT2D eigenvalue weighted by molar-refractivity contribution is 0.0926. The van der Waals surface area contributed by atoms with Crippen LogP contribution in [0.15, 0.2) is 77.4 Å². The smallest absolute Gasteiger partial charge is 0.286 e. The lowest BCUT2D eigenvalue weighted by atomic mass is 10.0. The average molecular weight is 442 g/mol. The molecule has 0 saturated heterocycles. The lowest BCUT2D eigenvalue weighted by Crippen LogP contribution is -2.28.